The number of allylic oxidation sites excluding steroid dienone is 2. The smallest absolute Gasteiger partial charge is 0.186 e. The third-order valence-electron chi connectivity index (χ3n) is 6.00. The van der Waals surface area contributed by atoms with Crippen LogP contribution in [-0.4, -0.2) is 18.0 Å². The molecular formula is C21H28O3. The molecule has 3 heteroatoms. The van der Waals surface area contributed by atoms with Crippen LogP contribution in [0.2, 0.25) is 0 Å². The minimum absolute atomic E-state index is 0.00676. The molecule has 0 saturated heterocycles. The summed E-state index contributed by atoms with van der Waals surface area (Å²) < 4.78 is 5.53. The number of carbonyl (C=O) groups excluding carboxylic acids is 1. The summed E-state index contributed by atoms with van der Waals surface area (Å²) in [5.74, 6) is 0.845. The highest BCUT2D eigenvalue weighted by atomic mass is 16.5. The Balaban J connectivity index is 2.34. The summed E-state index contributed by atoms with van der Waals surface area (Å²) in [6.45, 7) is 10.7. The summed E-state index contributed by atoms with van der Waals surface area (Å²) >= 11 is 0. The zero-order valence-electron chi connectivity index (χ0n) is 15.6. The fraction of sp³-hybridized carbons (Fsp3) is 0.571. The Kier molecular flexibility index (Phi) is 3.82. The third-order valence-corrected chi connectivity index (χ3v) is 6.00. The van der Waals surface area contributed by atoms with Gasteiger partial charge in [0.25, 0.3) is 0 Å². The van der Waals surface area contributed by atoms with E-state index in [0.29, 0.717) is 11.3 Å². The van der Waals surface area contributed by atoms with Gasteiger partial charge in [-0.3, -0.25) is 4.79 Å². The first-order chi connectivity index (χ1) is 11.1. The van der Waals surface area contributed by atoms with Crippen LogP contribution in [-0.2, 0) is 5.41 Å². The van der Waals surface area contributed by atoms with Crippen molar-refractivity contribution >= 4 is 5.78 Å². The van der Waals surface area contributed by atoms with Gasteiger partial charge in [0, 0.05) is 22.1 Å². The maximum Gasteiger partial charge on any atom is 0.186 e. The number of hydrogen-bond donors (Lipinski definition) is 1. The fourth-order valence-electron chi connectivity index (χ4n) is 4.79. The van der Waals surface area contributed by atoms with Gasteiger partial charge >= 0.3 is 0 Å². The van der Waals surface area contributed by atoms with Crippen molar-refractivity contribution in [2.75, 3.05) is 7.11 Å². The lowest BCUT2D eigenvalue weighted by Crippen LogP contribution is -2.41. The number of benzene rings is 1. The van der Waals surface area contributed by atoms with Gasteiger partial charge in [-0.25, -0.2) is 0 Å². The molecule has 1 saturated carbocycles. The van der Waals surface area contributed by atoms with Crippen molar-refractivity contribution in [1.29, 1.82) is 0 Å². The summed E-state index contributed by atoms with van der Waals surface area (Å²) in [6.07, 6.45) is 4.93. The van der Waals surface area contributed by atoms with Crippen molar-refractivity contribution in [1.82, 2.24) is 0 Å². The first-order valence-corrected chi connectivity index (χ1v) is 8.85. The maximum absolute atomic E-state index is 12.9. The normalized spacial score (nSPS) is 25.1. The van der Waals surface area contributed by atoms with Crippen molar-refractivity contribution in [3.8, 4) is 11.5 Å². The van der Waals surface area contributed by atoms with Crippen LogP contribution in [0.5, 0.6) is 11.5 Å². The van der Waals surface area contributed by atoms with E-state index in [1.54, 1.807) is 7.11 Å². The van der Waals surface area contributed by atoms with Crippen molar-refractivity contribution in [2.45, 2.75) is 65.2 Å². The zero-order chi connectivity index (χ0) is 17.9. The van der Waals surface area contributed by atoms with Crippen molar-refractivity contribution in [2.24, 2.45) is 5.41 Å². The van der Waals surface area contributed by atoms with E-state index < -0.39 is 0 Å². The summed E-state index contributed by atoms with van der Waals surface area (Å²) in [4.78, 5) is 12.9. The van der Waals surface area contributed by atoms with E-state index in [9.17, 15) is 9.90 Å². The van der Waals surface area contributed by atoms with E-state index >= 15 is 0 Å². The first-order valence-electron chi connectivity index (χ1n) is 8.85. The number of methoxy groups -OCH3 is 1. The molecule has 1 atom stereocenters. The van der Waals surface area contributed by atoms with Crippen molar-refractivity contribution < 1.29 is 14.6 Å². The standard InChI is InChI=1S/C21H28O3/c1-12(2)13-10-14-15(22)11-16-20(3,4)8-7-9-21(16,5)17(14)18(23)19(13)24-6/h10-12,23H,7-9H2,1-6H3. The summed E-state index contributed by atoms with van der Waals surface area (Å²) in [7, 11) is 1.59. The molecule has 0 bridgehead atoms. The molecule has 130 valence electrons. The molecule has 0 heterocycles. The second-order valence-corrected chi connectivity index (χ2v) is 8.42. The highest BCUT2D eigenvalue weighted by Crippen LogP contribution is 2.58. The molecule has 24 heavy (non-hydrogen) atoms. The van der Waals surface area contributed by atoms with Gasteiger partial charge < -0.3 is 9.84 Å². The van der Waals surface area contributed by atoms with Crippen LogP contribution >= 0.6 is 0 Å². The molecule has 1 fully saturated rings. The number of rotatable bonds is 2. The van der Waals surface area contributed by atoms with Crippen LogP contribution in [0, 0.1) is 5.41 Å². The van der Waals surface area contributed by atoms with E-state index in [2.05, 4.69) is 20.8 Å². The molecule has 3 nitrogen and oxygen atoms in total. The van der Waals surface area contributed by atoms with E-state index in [1.807, 2.05) is 26.0 Å². The monoisotopic (exact) mass is 328 g/mol. The highest BCUT2D eigenvalue weighted by Gasteiger charge is 2.48. The minimum Gasteiger partial charge on any atom is -0.504 e. The van der Waals surface area contributed by atoms with Crippen molar-refractivity contribution in [3.05, 3.63) is 34.4 Å². The third kappa shape index (κ3) is 2.21. The Morgan fingerprint density at radius 3 is 2.46 bits per heavy atom. The molecular weight excluding hydrogens is 300 g/mol. The molecule has 0 aliphatic heterocycles. The van der Waals surface area contributed by atoms with Gasteiger partial charge in [0.05, 0.1) is 7.11 Å². The van der Waals surface area contributed by atoms with Gasteiger partial charge in [-0.05, 0) is 36.3 Å². The number of phenols is 1. The van der Waals surface area contributed by atoms with Crippen LogP contribution in [0.1, 0.15) is 81.3 Å². The predicted molar refractivity (Wildman–Crippen MR) is 96.1 cm³/mol. The lowest BCUT2D eigenvalue weighted by Gasteiger charge is -2.49. The van der Waals surface area contributed by atoms with Gasteiger partial charge in [-0.1, -0.05) is 46.6 Å². The predicted octanol–water partition coefficient (Wildman–Crippen LogP) is 5.11. The Hall–Kier alpha value is -1.77. The van der Waals surface area contributed by atoms with Crippen LogP contribution < -0.4 is 4.74 Å². The molecule has 2 aliphatic rings. The Morgan fingerprint density at radius 2 is 1.88 bits per heavy atom. The summed E-state index contributed by atoms with van der Waals surface area (Å²) in [5.41, 5.74) is 3.10. The largest absolute Gasteiger partial charge is 0.504 e. The van der Waals surface area contributed by atoms with Crippen LogP contribution in [0.3, 0.4) is 0 Å². The number of ether oxygens (including phenoxy) is 1. The minimum atomic E-state index is -0.308. The van der Waals surface area contributed by atoms with Gasteiger partial charge in [-0.15, -0.1) is 0 Å². The van der Waals surface area contributed by atoms with E-state index in [0.717, 1.165) is 36.0 Å². The lowest BCUT2D eigenvalue weighted by atomic mass is 9.55. The first kappa shape index (κ1) is 17.1. The van der Waals surface area contributed by atoms with Crippen LogP contribution in [0.15, 0.2) is 17.7 Å². The number of fused-ring (bicyclic) bond motifs is 3. The molecule has 0 radical (unpaired) electrons. The Bertz CT molecular complexity index is 740. The second kappa shape index (κ2) is 5.37. The van der Waals surface area contributed by atoms with Gasteiger partial charge in [-0.2, -0.15) is 0 Å². The average Bonchev–Trinajstić information content (AvgIpc) is 2.48. The molecule has 1 N–H and O–H groups in total. The molecule has 1 unspecified atom stereocenters. The highest BCUT2D eigenvalue weighted by molar-refractivity contribution is 6.09. The Morgan fingerprint density at radius 1 is 1.21 bits per heavy atom. The second-order valence-electron chi connectivity index (χ2n) is 8.42. The molecule has 0 amide bonds. The SMILES string of the molecule is COc1c(C(C)C)cc2c(c1O)C1(C)CCCC(C)(C)C1=CC2=O. The number of hydrogen-bond acceptors (Lipinski definition) is 3. The van der Waals surface area contributed by atoms with Gasteiger partial charge in [0.1, 0.15) is 0 Å². The lowest BCUT2D eigenvalue weighted by molar-refractivity contribution is 0.102. The molecule has 1 aromatic carbocycles. The van der Waals surface area contributed by atoms with Crippen LogP contribution in [0.25, 0.3) is 0 Å². The maximum atomic E-state index is 12.9. The molecule has 2 aliphatic carbocycles. The molecule has 1 aromatic rings. The molecule has 0 spiro atoms. The number of aromatic hydroxyl groups is 1. The van der Waals surface area contributed by atoms with Gasteiger partial charge in [0.2, 0.25) is 0 Å². The quantitative estimate of drug-likeness (QED) is 0.820. The van der Waals surface area contributed by atoms with E-state index in [-0.39, 0.29) is 28.3 Å². The number of carbonyl (C=O) groups is 1. The number of ketones is 1. The molecule has 0 aromatic heterocycles. The van der Waals surface area contributed by atoms with Gasteiger partial charge in [0.15, 0.2) is 17.3 Å². The summed E-state index contributed by atoms with van der Waals surface area (Å²) in [5, 5.41) is 11.1. The average molecular weight is 328 g/mol. The summed E-state index contributed by atoms with van der Waals surface area (Å²) in [6, 6.07) is 1.93. The van der Waals surface area contributed by atoms with E-state index in [1.165, 1.54) is 0 Å². The molecule has 3 rings (SSSR count). The number of phenolic OH excluding ortho intramolecular Hbond substituents is 1. The zero-order valence-corrected chi connectivity index (χ0v) is 15.6. The Labute approximate surface area is 144 Å². The topological polar surface area (TPSA) is 46.5 Å². The van der Waals surface area contributed by atoms with E-state index in [4.69, 9.17) is 4.74 Å². The van der Waals surface area contributed by atoms with Crippen molar-refractivity contribution in [3.63, 3.8) is 0 Å². The fourth-order valence-corrected chi connectivity index (χ4v) is 4.79. The van der Waals surface area contributed by atoms with Crippen LogP contribution in [0.4, 0.5) is 0 Å².